The van der Waals surface area contributed by atoms with Gasteiger partial charge in [0.25, 0.3) is 0 Å². The Hall–Kier alpha value is -1.06. The number of hydrogen-bond acceptors (Lipinski definition) is 2. The molecule has 0 radical (unpaired) electrons. The Labute approximate surface area is 154 Å². The summed E-state index contributed by atoms with van der Waals surface area (Å²) in [5, 5.41) is 20.3. The van der Waals surface area contributed by atoms with Crippen molar-refractivity contribution in [1.29, 1.82) is 0 Å². The van der Waals surface area contributed by atoms with Gasteiger partial charge in [-0.05, 0) is 42.4 Å². The predicted octanol–water partition coefficient (Wildman–Crippen LogP) is 5.70. The Kier molecular flexibility index (Phi) is 9.18. The molecule has 4 atom stereocenters. The summed E-state index contributed by atoms with van der Waals surface area (Å²) in [5.74, 6) is -2.81. The first-order chi connectivity index (χ1) is 11.3. The Morgan fingerprint density at radius 2 is 1.52 bits per heavy atom. The van der Waals surface area contributed by atoms with E-state index in [4.69, 9.17) is 0 Å². The lowest BCUT2D eigenvalue weighted by Gasteiger charge is -2.44. The smallest absolute Gasteiger partial charge is 0.310 e. The van der Waals surface area contributed by atoms with E-state index in [-0.39, 0.29) is 17.3 Å². The first-order valence-corrected chi connectivity index (χ1v) is 9.75. The minimum absolute atomic E-state index is 0.0450. The molecule has 25 heavy (non-hydrogen) atoms. The van der Waals surface area contributed by atoms with E-state index in [1.54, 1.807) is 0 Å². The first kappa shape index (κ1) is 23.9. The summed E-state index contributed by atoms with van der Waals surface area (Å²) in [7, 11) is 0. The van der Waals surface area contributed by atoms with Crippen molar-refractivity contribution in [3.05, 3.63) is 0 Å². The summed E-state index contributed by atoms with van der Waals surface area (Å²) in [5.41, 5.74) is -1.26. The van der Waals surface area contributed by atoms with Crippen LogP contribution in [0.2, 0.25) is 0 Å². The quantitative estimate of drug-likeness (QED) is 0.498. The summed E-state index contributed by atoms with van der Waals surface area (Å²) >= 11 is 0. The summed E-state index contributed by atoms with van der Waals surface area (Å²) in [6.45, 7) is 16.2. The van der Waals surface area contributed by atoms with Crippen LogP contribution in [0.3, 0.4) is 0 Å². The van der Waals surface area contributed by atoms with Gasteiger partial charge in [-0.1, -0.05) is 68.2 Å². The lowest BCUT2D eigenvalue weighted by molar-refractivity contribution is -0.173. The minimum atomic E-state index is -1.22. The molecule has 0 aromatic heterocycles. The minimum Gasteiger partial charge on any atom is -0.481 e. The lowest BCUT2D eigenvalue weighted by Crippen LogP contribution is -2.51. The number of unbranched alkanes of at least 4 members (excludes halogenated alkanes) is 1. The number of carbonyl (C=O) groups is 2. The molecule has 0 aliphatic carbocycles. The van der Waals surface area contributed by atoms with Gasteiger partial charge in [-0.25, -0.2) is 0 Å². The van der Waals surface area contributed by atoms with E-state index in [1.165, 1.54) is 0 Å². The van der Waals surface area contributed by atoms with Crippen molar-refractivity contribution in [3.8, 4) is 0 Å². The number of carboxylic acid groups (broad SMARTS) is 2. The van der Waals surface area contributed by atoms with Crippen LogP contribution in [0.1, 0.15) is 87.5 Å². The van der Waals surface area contributed by atoms with E-state index >= 15 is 0 Å². The molecule has 4 unspecified atom stereocenters. The highest BCUT2D eigenvalue weighted by Gasteiger charge is 2.54. The second kappa shape index (κ2) is 9.59. The standard InChI is InChI=1S/C21H40O4/c1-9-10-11-21(19(24)25,16(5)13-20(6,7)8)17(18(22)23)15(4)12-14(2)3/h14-17H,9-13H2,1-8H3,(H,22,23)(H,24,25). The summed E-state index contributed by atoms with van der Waals surface area (Å²) in [6.07, 6.45) is 3.44. The van der Waals surface area contributed by atoms with Gasteiger partial charge >= 0.3 is 11.9 Å². The molecule has 0 rings (SSSR count). The highest BCUT2D eigenvalue weighted by Crippen LogP contribution is 2.49. The predicted molar refractivity (Wildman–Crippen MR) is 103 cm³/mol. The largest absolute Gasteiger partial charge is 0.481 e. The van der Waals surface area contributed by atoms with Crippen molar-refractivity contribution in [2.75, 3.05) is 0 Å². The maximum absolute atomic E-state index is 12.5. The first-order valence-electron chi connectivity index (χ1n) is 9.75. The molecule has 0 bridgehead atoms. The second-order valence-corrected chi connectivity index (χ2v) is 9.54. The molecule has 0 fully saturated rings. The molecule has 4 heteroatoms. The number of aliphatic carboxylic acids is 2. The van der Waals surface area contributed by atoms with Crippen LogP contribution in [0.15, 0.2) is 0 Å². The van der Waals surface area contributed by atoms with E-state index in [2.05, 4.69) is 34.6 Å². The van der Waals surface area contributed by atoms with E-state index in [0.29, 0.717) is 18.8 Å². The molecule has 0 amide bonds. The zero-order valence-electron chi connectivity index (χ0n) is 17.6. The van der Waals surface area contributed by atoms with Crippen LogP contribution in [0.5, 0.6) is 0 Å². The molecule has 148 valence electrons. The fraction of sp³-hybridized carbons (Fsp3) is 0.905. The molecule has 4 nitrogen and oxygen atoms in total. The Balaban J connectivity index is 6.17. The van der Waals surface area contributed by atoms with Crippen LogP contribution >= 0.6 is 0 Å². The molecule has 0 aromatic rings. The zero-order valence-corrected chi connectivity index (χ0v) is 17.6. The lowest BCUT2D eigenvalue weighted by atomic mass is 9.57. The van der Waals surface area contributed by atoms with E-state index in [9.17, 15) is 19.8 Å². The normalized spacial score (nSPS) is 18.4. The van der Waals surface area contributed by atoms with Gasteiger partial charge in [0.05, 0.1) is 11.3 Å². The molecule has 2 N–H and O–H groups in total. The monoisotopic (exact) mass is 356 g/mol. The van der Waals surface area contributed by atoms with Crippen LogP contribution in [-0.2, 0) is 9.59 Å². The number of carboxylic acids is 2. The summed E-state index contributed by atoms with van der Waals surface area (Å²) < 4.78 is 0. The molecular weight excluding hydrogens is 316 g/mol. The molecule has 0 spiro atoms. The van der Waals surface area contributed by atoms with Gasteiger partial charge in [-0.2, -0.15) is 0 Å². The maximum Gasteiger partial charge on any atom is 0.310 e. The van der Waals surface area contributed by atoms with Crippen LogP contribution in [0.25, 0.3) is 0 Å². The number of rotatable bonds is 11. The average Bonchev–Trinajstić information content (AvgIpc) is 2.39. The van der Waals surface area contributed by atoms with Crippen LogP contribution in [-0.4, -0.2) is 22.2 Å². The average molecular weight is 357 g/mol. The van der Waals surface area contributed by atoms with Crippen molar-refractivity contribution in [3.63, 3.8) is 0 Å². The van der Waals surface area contributed by atoms with E-state index in [1.807, 2.05) is 20.8 Å². The van der Waals surface area contributed by atoms with Gasteiger partial charge in [-0.3, -0.25) is 9.59 Å². The number of hydrogen-bond donors (Lipinski definition) is 2. The van der Waals surface area contributed by atoms with Crippen LogP contribution in [0.4, 0.5) is 0 Å². The third-order valence-corrected chi connectivity index (χ3v) is 5.37. The van der Waals surface area contributed by atoms with Gasteiger partial charge in [0.2, 0.25) is 0 Å². The zero-order chi connectivity index (χ0) is 20.0. The van der Waals surface area contributed by atoms with Crippen molar-refractivity contribution in [2.24, 2.45) is 34.5 Å². The fourth-order valence-electron chi connectivity index (χ4n) is 4.58. The third-order valence-electron chi connectivity index (χ3n) is 5.37. The highest BCUT2D eigenvalue weighted by molar-refractivity contribution is 5.84. The highest BCUT2D eigenvalue weighted by atomic mass is 16.4. The third kappa shape index (κ3) is 6.63. The molecule has 0 saturated carbocycles. The van der Waals surface area contributed by atoms with Gasteiger partial charge in [0, 0.05) is 0 Å². The van der Waals surface area contributed by atoms with E-state index < -0.39 is 23.3 Å². The Morgan fingerprint density at radius 1 is 1.00 bits per heavy atom. The van der Waals surface area contributed by atoms with Gasteiger partial charge < -0.3 is 10.2 Å². The van der Waals surface area contributed by atoms with Gasteiger partial charge in [-0.15, -0.1) is 0 Å². The van der Waals surface area contributed by atoms with Gasteiger partial charge in [0.1, 0.15) is 0 Å². The summed E-state index contributed by atoms with van der Waals surface area (Å²) in [6, 6.07) is 0. The Bertz CT molecular complexity index is 436. The summed E-state index contributed by atoms with van der Waals surface area (Å²) in [4.78, 5) is 24.8. The molecular formula is C21H40O4. The Morgan fingerprint density at radius 3 is 1.84 bits per heavy atom. The molecule has 0 aliphatic rings. The van der Waals surface area contributed by atoms with Crippen LogP contribution in [0, 0.1) is 34.5 Å². The van der Waals surface area contributed by atoms with Crippen molar-refractivity contribution in [2.45, 2.75) is 87.5 Å². The van der Waals surface area contributed by atoms with Crippen molar-refractivity contribution >= 4 is 11.9 Å². The van der Waals surface area contributed by atoms with E-state index in [0.717, 1.165) is 19.3 Å². The molecule has 0 aliphatic heterocycles. The molecule has 0 heterocycles. The molecule has 0 aromatic carbocycles. The van der Waals surface area contributed by atoms with Gasteiger partial charge in [0.15, 0.2) is 0 Å². The maximum atomic E-state index is 12.5. The van der Waals surface area contributed by atoms with Crippen LogP contribution < -0.4 is 0 Å². The molecule has 0 saturated heterocycles. The second-order valence-electron chi connectivity index (χ2n) is 9.54. The SMILES string of the molecule is CCCCC(C(=O)O)(C(C)CC(C)(C)C)C(C(=O)O)C(C)CC(C)C. The van der Waals surface area contributed by atoms with Crippen molar-refractivity contribution in [1.82, 2.24) is 0 Å². The topological polar surface area (TPSA) is 74.6 Å². The fourth-order valence-corrected chi connectivity index (χ4v) is 4.58. The van der Waals surface area contributed by atoms with Crippen molar-refractivity contribution < 1.29 is 19.8 Å².